The molecule has 1 amide bonds. The van der Waals surface area contributed by atoms with Crippen LogP contribution in [0.25, 0.3) is 0 Å². The van der Waals surface area contributed by atoms with E-state index in [0.717, 1.165) is 38.7 Å². The molecule has 9 heteroatoms. The van der Waals surface area contributed by atoms with Gasteiger partial charge in [-0.3, -0.25) is 9.69 Å². The Hall–Kier alpha value is -1.13. The number of amides is 1. The Bertz CT molecular complexity index is 630. The Labute approximate surface area is 182 Å². The van der Waals surface area contributed by atoms with Gasteiger partial charge in [-0.2, -0.15) is 0 Å². The molecule has 2 rings (SSSR count). The van der Waals surface area contributed by atoms with Crippen LogP contribution in [-0.4, -0.2) is 79.9 Å². The number of carbonyl (C=O) groups is 1. The molecule has 1 aliphatic rings. The number of nitrogens with zero attached hydrogens (tertiary/aromatic N) is 4. The van der Waals surface area contributed by atoms with Crippen molar-refractivity contribution in [3.8, 4) is 0 Å². The van der Waals surface area contributed by atoms with Crippen LogP contribution in [-0.2, 0) is 11.3 Å². The lowest BCUT2D eigenvalue weighted by atomic mass is 10.2. The van der Waals surface area contributed by atoms with Gasteiger partial charge in [0.2, 0.25) is 5.91 Å². The highest BCUT2D eigenvalue weighted by molar-refractivity contribution is 14.0. The Morgan fingerprint density at radius 2 is 1.96 bits per heavy atom. The molecule has 1 heterocycles. The second kappa shape index (κ2) is 11.7. The Morgan fingerprint density at radius 1 is 1.30 bits per heavy atom. The van der Waals surface area contributed by atoms with Gasteiger partial charge in [0.1, 0.15) is 12.4 Å². The minimum atomic E-state index is -0.267. The number of likely N-dealkylation sites (N-methyl/N-ethyl adjacent to an activating group) is 1. The van der Waals surface area contributed by atoms with Crippen molar-refractivity contribution in [2.24, 2.45) is 4.99 Å². The zero-order valence-electron chi connectivity index (χ0n) is 16.0. The summed E-state index contributed by atoms with van der Waals surface area (Å²) < 4.78 is 14.0. The maximum Gasteiger partial charge on any atom is 0.243 e. The lowest BCUT2D eigenvalue weighted by Crippen LogP contribution is -2.52. The summed E-state index contributed by atoms with van der Waals surface area (Å²) in [5, 5.41) is 3.70. The van der Waals surface area contributed by atoms with Crippen LogP contribution in [0.15, 0.2) is 23.2 Å². The molecule has 0 spiro atoms. The first-order chi connectivity index (χ1) is 12.4. The van der Waals surface area contributed by atoms with Crippen LogP contribution in [0.2, 0.25) is 5.02 Å². The van der Waals surface area contributed by atoms with Crippen molar-refractivity contribution in [3.05, 3.63) is 34.6 Å². The highest BCUT2D eigenvalue weighted by Gasteiger charge is 2.21. The van der Waals surface area contributed by atoms with Gasteiger partial charge in [0.25, 0.3) is 0 Å². The van der Waals surface area contributed by atoms with E-state index in [9.17, 15) is 9.18 Å². The molecule has 1 N–H and O–H groups in total. The lowest BCUT2D eigenvalue weighted by Gasteiger charge is -2.36. The number of benzene rings is 1. The van der Waals surface area contributed by atoms with Crippen molar-refractivity contribution < 1.29 is 9.18 Å². The summed E-state index contributed by atoms with van der Waals surface area (Å²) in [5.41, 5.74) is 0.541. The fourth-order valence-corrected chi connectivity index (χ4v) is 2.96. The van der Waals surface area contributed by atoms with Crippen molar-refractivity contribution in [1.82, 2.24) is 20.0 Å². The van der Waals surface area contributed by atoms with E-state index in [2.05, 4.69) is 20.1 Å². The van der Waals surface area contributed by atoms with Gasteiger partial charge >= 0.3 is 0 Å². The molecule has 6 nitrogen and oxygen atoms in total. The van der Waals surface area contributed by atoms with Crippen molar-refractivity contribution >= 4 is 47.4 Å². The number of guanidine groups is 1. The van der Waals surface area contributed by atoms with E-state index in [1.807, 2.05) is 6.92 Å². The fraction of sp³-hybridized carbons (Fsp3) is 0.556. The van der Waals surface area contributed by atoms with E-state index < -0.39 is 0 Å². The van der Waals surface area contributed by atoms with Gasteiger partial charge in [-0.15, -0.1) is 24.0 Å². The highest BCUT2D eigenvalue weighted by Crippen LogP contribution is 2.21. The molecule has 0 aliphatic carbocycles. The molecule has 1 saturated heterocycles. The summed E-state index contributed by atoms with van der Waals surface area (Å²) in [5.74, 6) is 0.441. The fourth-order valence-electron chi connectivity index (χ4n) is 2.73. The van der Waals surface area contributed by atoms with E-state index in [-0.39, 0.29) is 42.2 Å². The number of piperazine rings is 1. The first-order valence-corrected chi connectivity index (χ1v) is 9.18. The molecule has 0 bridgehead atoms. The molecule has 0 unspecified atom stereocenters. The van der Waals surface area contributed by atoms with Crippen LogP contribution in [0.1, 0.15) is 12.5 Å². The molecule has 0 radical (unpaired) electrons. The van der Waals surface area contributed by atoms with E-state index in [0.29, 0.717) is 17.1 Å². The Balaban J connectivity index is 0.00000364. The van der Waals surface area contributed by atoms with Crippen molar-refractivity contribution in [2.45, 2.75) is 13.5 Å². The van der Waals surface area contributed by atoms with Crippen molar-refractivity contribution in [3.63, 3.8) is 0 Å². The zero-order chi connectivity index (χ0) is 19.1. The minimum Gasteiger partial charge on any atom is -0.357 e. The van der Waals surface area contributed by atoms with E-state index in [4.69, 9.17) is 11.6 Å². The molecule has 27 heavy (non-hydrogen) atoms. The summed E-state index contributed by atoms with van der Waals surface area (Å²) in [6.07, 6.45) is 0. The summed E-state index contributed by atoms with van der Waals surface area (Å²) >= 11 is 6.12. The predicted octanol–water partition coefficient (Wildman–Crippen LogP) is 2.27. The first-order valence-electron chi connectivity index (χ1n) is 8.81. The second-order valence-electron chi connectivity index (χ2n) is 6.42. The van der Waals surface area contributed by atoms with Gasteiger partial charge < -0.3 is 15.1 Å². The normalized spacial score (nSPS) is 15.3. The third kappa shape index (κ3) is 7.08. The third-order valence-electron chi connectivity index (χ3n) is 4.31. The summed E-state index contributed by atoms with van der Waals surface area (Å²) in [6, 6.07) is 4.77. The second-order valence-corrected chi connectivity index (χ2v) is 6.83. The summed E-state index contributed by atoms with van der Waals surface area (Å²) in [7, 11) is 3.44. The number of halogens is 3. The molecular formula is C18H28ClFIN5O. The van der Waals surface area contributed by atoms with Crippen LogP contribution in [0, 0.1) is 5.82 Å². The van der Waals surface area contributed by atoms with Gasteiger partial charge in [-0.05, 0) is 19.1 Å². The molecule has 0 saturated carbocycles. The van der Waals surface area contributed by atoms with Gasteiger partial charge in [-0.1, -0.05) is 17.7 Å². The van der Waals surface area contributed by atoms with Crippen LogP contribution < -0.4 is 5.32 Å². The van der Waals surface area contributed by atoms with E-state index >= 15 is 0 Å². The monoisotopic (exact) mass is 511 g/mol. The standard InChI is InChI=1S/C18H27ClFN5O.HI/c1-4-21-18(22-12-17(26)23(2)3)25-10-8-24(9-11-25)13-14-15(19)6-5-7-16(14)20;/h5-7H,4,8-13H2,1-3H3,(H,21,22);1H. The molecule has 1 aromatic rings. The largest absolute Gasteiger partial charge is 0.357 e. The maximum atomic E-state index is 14.0. The Kier molecular flexibility index (Phi) is 10.3. The number of nitrogens with one attached hydrogen (secondary N) is 1. The van der Waals surface area contributed by atoms with Crippen LogP contribution in [0.5, 0.6) is 0 Å². The number of hydrogen-bond donors (Lipinski definition) is 1. The van der Waals surface area contributed by atoms with Crippen molar-refractivity contribution in [1.29, 1.82) is 0 Å². The summed E-state index contributed by atoms with van der Waals surface area (Å²) in [6.45, 7) is 6.42. The SMILES string of the molecule is CCNC(=NCC(=O)N(C)C)N1CCN(Cc2c(F)cccc2Cl)CC1.I. The number of carbonyl (C=O) groups excluding carboxylic acids is 1. The van der Waals surface area contributed by atoms with Crippen LogP contribution in [0.3, 0.4) is 0 Å². The number of hydrogen-bond acceptors (Lipinski definition) is 3. The van der Waals surface area contributed by atoms with Gasteiger partial charge in [-0.25, -0.2) is 9.38 Å². The molecule has 1 aromatic carbocycles. The predicted molar refractivity (Wildman–Crippen MR) is 118 cm³/mol. The average molecular weight is 512 g/mol. The molecule has 152 valence electrons. The smallest absolute Gasteiger partial charge is 0.243 e. The van der Waals surface area contributed by atoms with Crippen LogP contribution >= 0.6 is 35.6 Å². The van der Waals surface area contributed by atoms with E-state index in [1.54, 1.807) is 26.2 Å². The molecule has 0 aromatic heterocycles. The highest BCUT2D eigenvalue weighted by atomic mass is 127. The van der Waals surface area contributed by atoms with Gasteiger partial charge in [0.15, 0.2) is 5.96 Å². The van der Waals surface area contributed by atoms with Crippen LogP contribution in [0.4, 0.5) is 4.39 Å². The average Bonchev–Trinajstić information content (AvgIpc) is 2.62. The number of aliphatic imine (C=N–C) groups is 1. The quantitative estimate of drug-likeness (QED) is 0.374. The van der Waals surface area contributed by atoms with Gasteiger partial charge in [0.05, 0.1) is 0 Å². The van der Waals surface area contributed by atoms with Crippen molar-refractivity contribution in [2.75, 3.05) is 53.4 Å². The van der Waals surface area contributed by atoms with E-state index in [1.165, 1.54) is 11.0 Å². The first kappa shape index (κ1) is 23.9. The zero-order valence-corrected chi connectivity index (χ0v) is 19.1. The Morgan fingerprint density at radius 3 is 2.52 bits per heavy atom. The lowest BCUT2D eigenvalue weighted by molar-refractivity contribution is -0.127. The molecule has 0 atom stereocenters. The van der Waals surface area contributed by atoms with Gasteiger partial charge in [0, 0.05) is 63.9 Å². The molecular weight excluding hydrogens is 484 g/mol. The minimum absolute atomic E-state index is 0. The topological polar surface area (TPSA) is 51.2 Å². The third-order valence-corrected chi connectivity index (χ3v) is 4.67. The number of rotatable bonds is 5. The molecule has 1 aliphatic heterocycles. The molecule has 1 fully saturated rings. The maximum absolute atomic E-state index is 14.0. The summed E-state index contributed by atoms with van der Waals surface area (Å²) in [4.78, 5) is 22.0.